The molecule has 2 aliphatic heterocycles. The van der Waals surface area contributed by atoms with E-state index < -0.39 is 12.1 Å². The summed E-state index contributed by atoms with van der Waals surface area (Å²) in [5.41, 5.74) is 0.954. The van der Waals surface area contributed by atoms with Crippen molar-refractivity contribution in [3.8, 4) is 0 Å². The molecule has 2 aliphatic rings. The Labute approximate surface area is 125 Å². The van der Waals surface area contributed by atoms with E-state index in [0.717, 1.165) is 18.4 Å². The van der Waals surface area contributed by atoms with Crippen molar-refractivity contribution < 1.29 is 19.5 Å². The molecule has 0 radical (unpaired) electrons. The van der Waals surface area contributed by atoms with Crippen LogP contribution < -0.4 is 4.90 Å². The van der Waals surface area contributed by atoms with Crippen molar-refractivity contribution in [1.29, 1.82) is 0 Å². The first-order valence-corrected chi connectivity index (χ1v) is 7.89. The number of ether oxygens (including phenoxy) is 1. The Morgan fingerprint density at radius 3 is 2.52 bits per heavy atom. The van der Waals surface area contributed by atoms with Gasteiger partial charge in [0.2, 0.25) is 0 Å². The highest BCUT2D eigenvalue weighted by atomic mass is 16.6. The third kappa shape index (κ3) is 3.27. The van der Waals surface area contributed by atoms with Gasteiger partial charge >= 0.3 is 5.97 Å². The minimum atomic E-state index is -1.06. The maximum atomic E-state index is 12.1. The lowest BCUT2D eigenvalue weighted by molar-refractivity contribution is -0.923. The van der Waals surface area contributed by atoms with Gasteiger partial charge in [-0.05, 0) is 5.56 Å². The smallest absolute Gasteiger partial charge is 0.335 e. The highest BCUT2D eigenvalue weighted by Gasteiger charge is 2.43. The largest absolute Gasteiger partial charge is 0.460 e. The summed E-state index contributed by atoms with van der Waals surface area (Å²) in [5, 5.41) is 10.0. The van der Waals surface area contributed by atoms with Crippen molar-refractivity contribution in [1.82, 2.24) is 0 Å². The minimum absolute atomic E-state index is 0.0101. The van der Waals surface area contributed by atoms with E-state index in [-0.39, 0.29) is 6.10 Å². The molecule has 3 rings (SSSR count). The van der Waals surface area contributed by atoms with Crippen LogP contribution in [0.4, 0.5) is 0 Å². The molecule has 0 saturated carbocycles. The van der Waals surface area contributed by atoms with Crippen molar-refractivity contribution in [3.63, 3.8) is 0 Å². The molecular weight excluding hydrogens is 266 g/mol. The number of hydrogen-bond donors (Lipinski definition) is 2. The van der Waals surface area contributed by atoms with Crippen LogP contribution in [0.3, 0.4) is 0 Å². The number of nitrogens with one attached hydrogen (secondary N) is 1. The van der Waals surface area contributed by atoms with Gasteiger partial charge in [-0.1, -0.05) is 30.3 Å². The molecule has 21 heavy (non-hydrogen) atoms. The first kappa shape index (κ1) is 14.5. The number of fused-ring (bicyclic) bond motifs is 2. The quantitative estimate of drug-likeness (QED) is 0.786. The zero-order chi connectivity index (χ0) is 14.8. The lowest BCUT2D eigenvalue weighted by Gasteiger charge is -2.33. The number of esters is 1. The van der Waals surface area contributed by atoms with Gasteiger partial charge in [0.25, 0.3) is 0 Å². The highest BCUT2D eigenvalue weighted by molar-refractivity contribution is 5.75. The standard InChI is InChI=1S/C17H23NO3/c1-18-13-7-8-14(18)11-15(10-13)21-17(20)16(19)9-12-5-3-2-4-6-12/h2-6,13-16,19H,7-11H2,1H3/p+1/t13-,14+,15?,16-/m1/s1. The Morgan fingerprint density at radius 2 is 1.90 bits per heavy atom. The van der Waals surface area contributed by atoms with E-state index in [0.29, 0.717) is 18.5 Å². The molecule has 2 unspecified atom stereocenters. The van der Waals surface area contributed by atoms with Crippen molar-refractivity contribution in [2.75, 3.05) is 7.05 Å². The van der Waals surface area contributed by atoms with Crippen LogP contribution in [-0.4, -0.2) is 42.4 Å². The second-order valence-corrected chi connectivity index (χ2v) is 6.45. The van der Waals surface area contributed by atoms with Crippen LogP contribution in [0.15, 0.2) is 30.3 Å². The van der Waals surface area contributed by atoms with Crippen molar-refractivity contribution in [2.45, 2.75) is 56.4 Å². The normalized spacial score (nSPS) is 32.7. The summed E-state index contributed by atoms with van der Waals surface area (Å²) in [6.45, 7) is 0. The average molecular weight is 290 g/mol. The van der Waals surface area contributed by atoms with Gasteiger partial charge in [0, 0.05) is 32.1 Å². The van der Waals surface area contributed by atoms with Gasteiger partial charge < -0.3 is 14.7 Å². The summed E-state index contributed by atoms with van der Waals surface area (Å²) in [6.07, 6.45) is 3.60. The number of benzene rings is 1. The third-order valence-electron chi connectivity index (χ3n) is 5.07. The van der Waals surface area contributed by atoms with Gasteiger partial charge in [0.1, 0.15) is 6.10 Å². The Kier molecular flexibility index (Phi) is 4.27. The molecular formula is C17H24NO3+. The number of hydrogen-bond acceptors (Lipinski definition) is 3. The van der Waals surface area contributed by atoms with Gasteiger partial charge in [0.15, 0.2) is 6.10 Å². The number of carbonyl (C=O) groups excluding carboxylic acids is 1. The van der Waals surface area contributed by atoms with E-state index in [1.54, 1.807) is 4.90 Å². The van der Waals surface area contributed by atoms with Crippen LogP contribution in [0.5, 0.6) is 0 Å². The van der Waals surface area contributed by atoms with Crippen molar-refractivity contribution >= 4 is 5.97 Å². The zero-order valence-electron chi connectivity index (χ0n) is 12.5. The first-order valence-electron chi connectivity index (χ1n) is 7.89. The summed E-state index contributed by atoms with van der Waals surface area (Å²) in [5.74, 6) is -0.470. The Bertz CT molecular complexity index is 476. The number of rotatable bonds is 4. The summed E-state index contributed by atoms with van der Waals surface area (Å²) < 4.78 is 5.55. The first-order chi connectivity index (χ1) is 10.1. The topological polar surface area (TPSA) is 51.0 Å². The van der Waals surface area contributed by atoms with Crippen LogP contribution in [0, 0.1) is 0 Å². The van der Waals surface area contributed by atoms with Crippen LogP contribution >= 0.6 is 0 Å². The molecule has 2 saturated heterocycles. The zero-order valence-corrected chi connectivity index (χ0v) is 12.5. The monoisotopic (exact) mass is 290 g/mol. The molecule has 5 atom stereocenters. The number of carbonyl (C=O) groups is 1. The fraction of sp³-hybridized carbons (Fsp3) is 0.588. The molecule has 1 aromatic carbocycles. The van der Waals surface area contributed by atoms with E-state index in [1.807, 2.05) is 30.3 Å². The van der Waals surface area contributed by atoms with Crippen molar-refractivity contribution in [3.05, 3.63) is 35.9 Å². The van der Waals surface area contributed by atoms with Crippen LogP contribution in [-0.2, 0) is 16.0 Å². The maximum absolute atomic E-state index is 12.1. The maximum Gasteiger partial charge on any atom is 0.335 e. The summed E-state index contributed by atoms with van der Waals surface area (Å²) in [7, 11) is 2.24. The Hall–Kier alpha value is -1.39. The summed E-state index contributed by atoms with van der Waals surface area (Å²) in [6, 6.07) is 10.8. The van der Waals surface area contributed by atoms with Gasteiger partial charge in [-0.2, -0.15) is 0 Å². The lowest BCUT2D eigenvalue weighted by atomic mass is 10.0. The van der Waals surface area contributed by atoms with Crippen LogP contribution in [0.25, 0.3) is 0 Å². The molecule has 2 bridgehead atoms. The molecule has 2 N–H and O–H groups in total. The fourth-order valence-electron chi connectivity index (χ4n) is 3.79. The average Bonchev–Trinajstić information content (AvgIpc) is 2.71. The van der Waals surface area contributed by atoms with Crippen LogP contribution in [0.1, 0.15) is 31.2 Å². The second-order valence-electron chi connectivity index (χ2n) is 6.45. The number of piperidine rings is 1. The molecule has 0 aromatic heterocycles. The molecule has 4 heteroatoms. The molecule has 2 heterocycles. The number of aliphatic hydroxyl groups is 1. The molecule has 0 amide bonds. The van der Waals surface area contributed by atoms with Crippen molar-refractivity contribution in [2.24, 2.45) is 0 Å². The van der Waals surface area contributed by atoms with Gasteiger partial charge in [-0.25, -0.2) is 4.79 Å². The molecule has 2 fully saturated rings. The molecule has 0 aliphatic carbocycles. The predicted molar refractivity (Wildman–Crippen MR) is 79.0 cm³/mol. The van der Waals surface area contributed by atoms with Gasteiger partial charge in [-0.3, -0.25) is 0 Å². The SMILES string of the molecule is C[NH+]1[C@@H]2CC[C@H]1CC(OC(=O)[C@H](O)Cc1ccccc1)C2. The highest BCUT2D eigenvalue weighted by Crippen LogP contribution is 2.24. The minimum Gasteiger partial charge on any atom is -0.460 e. The van der Waals surface area contributed by atoms with Gasteiger partial charge in [-0.15, -0.1) is 0 Å². The van der Waals surface area contributed by atoms with E-state index in [9.17, 15) is 9.90 Å². The van der Waals surface area contributed by atoms with E-state index in [1.165, 1.54) is 12.8 Å². The Balaban J connectivity index is 1.52. The van der Waals surface area contributed by atoms with Gasteiger partial charge in [0.05, 0.1) is 19.1 Å². The number of quaternary nitrogens is 1. The lowest BCUT2D eigenvalue weighted by Crippen LogP contribution is -3.15. The Morgan fingerprint density at radius 1 is 1.29 bits per heavy atom. The summed E-state index contributed by atoms with van der Waals surface area (Å²) in [4.78, 5) is 13.6. The molecule has 4 nitrogen and oxygen atoms in total. The fourth-order valence-corrected chi connectivity index (χ4v) is 3.79. The second kappa shape index (κ2) is 6.16. The van der Waals surface area contributed by atoms with E-state index >= 15 is 0 Å². The number of aliphatic hydroxyl groups excluding tert-OH is 1. The summed E-state index contributed by atoms with van der Waals surface area (Å²) >= 11 is 0. The van der Waals surface area contributed by atoms with E-state index in [4.69, 9.17) is 4.74 Å². The molecule has 0 spiro atoms. The third-order valence-corrected chi connectivity index (χ3v) is 5.07. The van der Waals surface area contributed by atoms with E-state index in [2.05, 4.69) is 7.05 Å². The predicted octanol–water partition coefficient (Wildman–Crippen LogP) is 0.341. The molecule has 114 valence electrons. The molecule has 1 aromatic rings. The van der Waals surface area contributed by atoms with Crippen LogP contribution in [0.2, 0.25) is 0 Å².